The zero-order valence-electron chi connectivity index (χ0n) is 38.4. The minimum atomic E-state index is 0.672. The molecule has 0 bridgehead atoms. The molecule has 3 aliphatic heterocycles. The lowest BCUT2D eigenvalue weighted by Gasteiger charge is -2.28. The van der Waals surface area contributed by atoms with E-state index in [2.05, 4.69) is 88.0 Å². The monoisotopic (exact) mass is 984 g/mol. The van der Waals surface area contributed by atoms with E-state index >= 15 is 0 Å². The Morgan fingerprint density at radius 1 is 0.429 bits per heavy atom. The molecule has 3 aliphatic rings. The van der Waals surface area contributed by atoms with E-state index in [1.807, 2.05) is 60.7 Å². The summed E-state index contributed by atoms with van der Waals surface area (Å²) in [4.78, 5) is 51.8. The van der Waals surface area contributed by atoms with E-state index in [4.69, 9.17) is 39.1 Å². The second-order valence-electron chi connectivity index (χ2n) is 16.5. The van der Waals surface area contributed by atoms with Crippen molar-refractivity contribution in [1.82, 2.24) is 44.9 Å². The van der Waals surface area contributed by atoms with Crippen LogP contribution in [0.4, 0.5) is 17.5 Å². The van der Waals surface area contributed by atoms with Crippen molar-refractivity contribution in [2.75, 3.05) is 93.6 Å². The fourth-order valence-corrected chi connectivity index (χ4v) is 11.1. The molecule has 0 N–H and O–H groups in total. The van der Waals surface area contributed by atoms with Crippen LogP contribution in [0.3, 0.4) is 0 Å². The zero-order valence-corrected chi connectivity index (χ0v) is 40.9. The first-order valence-corrected chi connectivity index (χ1v) is 25.9. The smallest absolute Gasteiger partial charge is 0.181 e. The van der Waals surface area contributed by atoms with Crippen molar-refractivity contribution < 1.29 is 14.2 Å². The molecule has 0 atom stereocenters. The topological polar surface area (TPSA) is 153 Å². The van der Waals surface area contributed by atoms with Gasteiger partial charge in [-0.15, -0.1) is 34.0 Å². The summed E-state index contributed by atoms with van der Waals surface area (Å²) in [6.07, 6.45) is 5.32. The van der Waals surface area contributed by atoms with Gasteiger partial charge in [-0.2, -0.15) is 0 Å². The number of hydrogen-bond donors (Lipinski definition) is 0. The highest BCUT2D eigenvalue weighted by Gasteiger charge is 2.24. The first kappa shape index (κ1) is 45.5. The van der Waals surface area contributed by atoms with Gasteiger partial charge in [-0.05, 0) is 71.3 Å². The van der Waals surface area contributed by atoms with E-state index in [1.54, 1.807) is 52.6 Å². The standard InChI is InChI=1S/C21H18N4OS.C16H16N4OS.C15H14N4OS/c1-2-6-15(7-3-1)16-14-27-21-18(16)20(25-10-12-26-13-11-25)23-19(24-21)17-8-4-5-9-22-17;1-11-10-22-16-13(11)15(20-6-8-21-9-7-20)18-14(19-16)12-4-2-3-5-17-12;1-2-5-16-12(3-1)13-17-14(19-6-8-20-9-7-19)11-4-10-21-15(11)18-13/h1-9,14H,10-13H2;2-5,10H,6-9H2,1H3;1-5,10H,6-9H2. The lowest BCUT2D eigenvalue weighted by Crippen LogP contribution is -2.37. The van der Waals surface area contributed by atoms with E-state index in [0.29, 0.717) is 17.5 Å². The highest BCUT2D eigenvalue weighted by Crippen LogP contribution is 2.40. The molecule has 18 heteroatoms. The van der Waals surface area contributed by atoms with Crippen molar-refractivity contribution in [3.8, 4) is 45.7 Å². The maximum absolute atomic E-state index is 5.55. The van der Waals surface area contributed by atoms with E-state index in [9.17, 15) is 0 Å². The Labute approximate surface area is 416 Å². The van der Waals surface area contributed by atoms with Crippen molar-refractivity contribution in [3.63, 3.8) is 0 Å². The van der Waals surface area contributed by atoms with Gasteiger partial charge in [0.1, 0.15) is 49.0 Å². The normalized spacial score (nSPS) is 15.1. The maximum atomic E-state index is 5.55. The summed E-state index contributed by atoms with van der Waals surface area (Å²) in [5.74, 6) is 5.02. The molecular formula is C52H48N12O3S3. The first-order valence-electron chi connectivity index (χ1n) is 23.2. The fourth-order valence-electron chi connectivity index (χ4n) is 8.51. The number of thiophene rings is 3. The second-order valence-corrected chi connectivity index (χ2v) is 19.1. The number of benzene rings is 1. The number of rotatable bonds is 7. The van der Waals surface area contributed by atoms with Crippen molar-refractivity contribution in [3.05, 3.63) is 131 Å². The molecule has 15 nitrogen and oxygen atoms in total. The molecular weight excluding hydrogens is 937 g/mol. The number of aromatic nitrogens is 9. The molecule has 13 rings (SSSR count). The van der Waals surface area contributed by atoms with Gasteiger partial charge in [0.15, 0.2) is 17.5 Å². The van der Waals surface area contributed by atoms with Gasteiger partial charge in [-0.1, -0.05) is 48.5 Å². The molecule has 0 spiro atoms. The third-order valence-corrected chi connectivity index (χ3v) is 14.7. The van der Waals surface area contributed by atoms with Gasteiger partial charge in [0, 0.05) is 68.8 Å². The third-order valence-electron chi connectivity index (χ3n) is 12.0. The quantitative estimate of drug-likeness (QED) is 0.149. The Kier molecular flexibility index (Phi) is 13.9. The predicted molar refractivity (Wildman–Crippen MR) is 281 cm³/mol. The summed E-state index contributed by atoms with van der Waals surface area (Å²) >= 11 is 4.96. The van der Waals surface area contributed by atoms with Crippen LogP contribution >= 0.6 is 34.0 Å². The number of ether oxygens (including phenoxy) is 3. The molecule has 3 fully saturated rings. The Morgan fingerprint density at radius 2 is 0.871 bits per heavy atom. The molecule has 0 aliphatic carbocycles. The Balaban J connectivity index is 0.000000115. The largest absolute Gasteiger partial charge is 0.378 e. The average molecular weight is 985 g/mol. The van der Waals surface area contributed by atoms with Gasteiger partial charge in [0.05, 0.1) is 55.8 Å². The van der Waals surface area contributed by atoms with E-state index in [1.165, 1.54) is 16.7 Å². The minimum absolute atomic E-state index is 0.672. The Bertz CT molecular complexity index is 3310. The van der Waals surface area contributed by atoms with Crippen LogP contribution in [-0.4, -0.2) is 124 Å². The molecule has 352 valence electrons. The van der Waals surface area contributed by atoms with Gasteiger partial charge >= 0.3 is 0 Å². The lowest BCUT2D eigenvalue weighted by atomic mass is 10.1. The van der Waals surface area contributed by atoms with Crippen LogP contribution in [-0.2, 0) is 14.2 Å². The minimum Gasteiger partial charge on any atom is -0.378 e. The summed E-state index contributed by atoms with van der Waals surface area (Å²) in [7, 11) is 0. The highest BCUT2D eigenvalue weighted by atomic mass is 32.1. The third kappa shape index (κ3) is 9.92. The summed E-state index contributed by atoms with van der Waals surface area (Å²) < 4.78 is 16.4. The molecule has 3 saturated heterocycles. The van der Waals surface area contributed by atoms with E-state index in [-0.39, 0.29) is 0 Å². The molecule has 0 radical (unpaired) electrons. The van der Waals surface area contributed by atoms with E-state index in [0.717, 1.165) is 144 Å². The van der Waals surface area contributed by atoms with Crippen LogP contribution < -0.4 is 14.7 Å². The summed E-state index contributed by atoms with van der Waals surface area (Å²) in [6, 6.07) is 30.0. The van der Waals surface area contributed by atoms with Crippen LogP contribution in [0.5, 0.6) is 0 Å². The molecule has 0 saturated carbocycles. The summed E-state index contributed by atoms with van der Waals surface area (Å²) in [5.41, 5.74) is 6.02. The van der Waals surface area contributed by atoms with Crippen molar-refractivity contribution in [2.45, 2.75) is 6.92 Å². The van der Waals surface area contributed by atoms with Gasteiger partial charge in [-0.25, -0.2) is 29.9 Å². The zero-order chi connectivity index (χ0) is 47.1. The number of pyridine rings is 3. The molecule has 10 aromatic rings. The molecule has 70 heavy (non-hydrogen) atoms. The van der Waals surface area contributed by atoms with Crippen molar-refractivity contribution >= 4 is 82.1 Å². The first-order chi connectivity index (χ1) is 34.6. The molecule has 1 aromatic carbocycles. The summed E-state index contributed by atoms with van der Waals surface area (Å²) in [5, 5.41) is 9.78. The summed E-state index contributed by atoms with van der Waals surface area (Å²) in [6.45, 7) is 11.6. The van der Waals surface area contributed by atoms with Gasteiger partial charge in [0.25, 0.3) is 0 Å². The van der Waals surface area contributed by atoms with Gasteiger partial charge < -0.3 is 28.9 Å². The molecule has 0 amide bonds. The van der Waals surface area contributed by atoms with Crippen LogP contribution in [0.15, 0.2) is 126 Å². The second kappa shape index (κ2) is 21.4. The maximum Gasteiger partial charge on any atom is 0.181 e. The average Bonchev–Trinajstić information content (AvgIpc) is 4.21. The van der Waals surface area contributed by atoms with Crippen LogP contribution in [0.1, 0.15) is 5.56 Å². The number of morpholine rings is 3. The van der Waals surface area contributed by atoms with Crippen LogP contribution in [0.25, 0.3) is 76.3 Å². The predicted octanol–water partition coefficient (Wildman–Crippen LogP) is 9.75. The number of hydrogen-bond acceptors (Lipinski definition) is 18. The lowest BCUT2D eigenvalue weighted by molar-refractivity contribution is 0.122. The number of aryl methyl sites for hydroxylation is 1. The molecule has 0 unspecified atom stereocenters. The molecule has 9 aromatic heterocycles. The van der Waals surface area contributed by atoms with Crippen molar-refractivity contribution in [1.29, 1.82) is 0 Å². The SMILES string of the molecule is Cc1csc2nc(-c3ccccn3)nc(N3CCOCC3)c12.c1ccc(-c2csc3nc(-c4ccccn4)nc(N4CCOCC4)c23)cc1.c1ccc(-c2nc(N3CCOCC3)c3ccsc3n2)nc1. The number of nitrogens with zero attached hydrogens (tertiary/aromatic N) is 12. The fraction of sp³-hybridized carbons (Fsp3) is 0.250. The van der Waals surface area contributed by atoms with Crippen LogP contribution in [0, 0.1) is 6.92 Å². The van der Waals surface area contributed by atoms with Crippen LogP contribution in [0.2, 0.25) is 0 Å². The Hall–Kier alpha value is -6.93. The van der Waals surface area contributed by atoms with Gasteiger partial charge in [-0.3, -0.25) is 15.0 Å². The number of fused-ring (bicyclic) bond motifs is 3. The Morgan fingerprint density at radius 3 is 1.39 bits per heavy atom. The number of anilines is 3. The van der Waals surface area contributed by atoms with Crippen molar-refractivity contribution in [2.24, 2.45) is 0 Å². The van der Waals surface area contributed by atoms with Gasteiger partial charge in [0.2, 0.25) is 0 Å². The highest BCUT2D eigenvalue weighted by molar-refractivity contribution is 7.17. The molecule has 12 heterocycles. The van der Waals surface area contributed by atoms with E-state index < -0.39 is 0 Å².